The van der Waals surface area contributed by atoms with Crippen LogP contribution in [0.1, 0.15) is 18.1 Å². The Balaban J connectivity index is 2.05. The second-order valence-electron chi connectivity index (χ2n) is 3.61. The molecule has 0 amide bonds. The SMILES string of the molecule is CNCCCc1nc(-c2ccoc2C)no1. The summed E-state index contributed by atoms with van der Waals surface area (Å²) in [5.74, 6) is 2.08. The van der Waals surface area contributed by atoms with Gasteiger partial charge in [0.1, 0.15) is 5.76 Å². The first-order valence-corrected chi connectivity index (χ1v) is 5.33. The van der Waals surface area contributed by atoms with E-state index in [0.29, 0.717) is 11.7 Å². The maximum absolute atomic E-state index is 5.20. The Morgan fingerprint density at radius 3 is 3.00 bits per heavy atom. The first-order valence-electron chi connectivity index (χ1n) is 5.33. The van der Waals surface area contributed by atoms with Gasteiger partial charge in [0.05, 0.1) is 11.8 Å². The molecule has 2 aromatic heterocycles. The van der Waals surface area contributed by atoms with Crippen LogP contribution in [-0.4, -0.2) is 23.7 Å². The molecule has 86 valence electrons. The molecule has 0 unspecified atom stereocenters. The van der Waals surface area contributed by atoms with Crippen LogP contribution >= 0.6 is 0 Å². The highest BCUT2D eigenvalue weighted by Gasteiger charge is 2.12. The Kier molecular flexibility index (Phi) is 3.36. The van der Waals surface area contributed by atoms with Gasteiger partial charge in [-0.3, -0.25) is 0 Å². The molecule has 0 spiro atoms. The van der Waals surface area contributed by atoms with E-state index in [9.17, 15) is 0 Å². The van der Waals surface area contributed by atoms with Crippen molar-refractivity contribution in [3.05, 3.63) is 24.0 Å². The van der Waals surface area contributed by atoms with Crippen LogP contribution in [0.3, 0.4) is 0 Å². The number of hydrogen-bond donors (Lipinski definition) is 1. The molecule has 5 nitrogen and oxygen atoms in total. The zero-order chi connectivity index (χ0) is 11.4. The van der Waals surface area contributed by atoms with Crippen LogP contribution in [0.15, 0.2) is 21.3 Å². The summed E-state index contributed by atoms with van der Waals surface area (Å²) < 4.78 is 10.4. The fraction of sp³-hybridized carbons (Fsp3) is 0.455. The molecular formula is C11H15N3O2. The third-order valence-corrected chi connectivity index (χ3v) is 2.39. The Labute approximate surface area is 93.8 Å². The molecule has 0 saturated heterocycles. The van der Waals surface area contributed by atoms with Crippen molar-refractivity contribution in [1.29, 1.82) is 0 Å². The smallest absolute Gasteiger partial charge is 0.227 e. The van der Waals surface area contributed by atoms with Gasteiger partial charge < -0.3 is 14.3 Å². The zero-order valence-electron chi connectivity index (χ0n) is 9.49. The summed E-state index contributed by atoms with van der Waals surface area (Å²) in [4.78, 5) is 4.32. The average molecular weight is 221 g/mol. The van der Waals surface area contributed by atoms with E-state index in [-0.39, 0.29) is 0 Å². The highest BCUT2D eigenvalue weighted by Crippen LogP contribution is 2.21. The lowest BCUT2D eigenvalue weighted by molar-refractivity contribution is 0.375. The van der Waals surface area contributed by atoms with Crippen LogP contribution in [0.2, 0.25) is 0 Å². The van der Waals surface area contributed by atoms with Gasteiger partial charge in [0.25, 0.3) is 0 Å². The minimum absolute atomic E-state index is 0.603. The fourth-order valence-corrected chi connectivity index (χ4v) is 1.50. The van der Waals surface area contributed by atoms with Crippen LogP contribution in [0, 0.1) is 6.92 Å². The van der Waals surface area contributed by atoms with Crippen molar-refractivity contribution in [2.24, 2.45) is 0 Å². The van der Waals surface area contributed by atoms with Crippen LogP contribution in [0.25, 0.3) is 11.4 Å². The van der Waals surface area contributed by atoms with Gasteiger partial charge in [-0.05, 0) is 33.0 Å². The van der Waals surface area contributed by atoms with Gasteiger partial charge in [-0.2, -0.15) is 4.98 Å². The maximum atomic E-state index is 5.20. The summed E-state index contributed by atoms with van der Waals surface area (Å²) >= 11 is 0. The summed E-state index contributed by atoms with van der Waals surface area (Å²) in [5, 5.41) is 7.01. The molecule has 0 radical (unpaired) electrons. The normalized spacial score (nSPS) is 10.9. The molecule has 0 saturated carbocycles. The van der Waals surface area contributed by atoms with Gasteiger partial charge in [-0.15, -0.1) is 0 Å². The summed E-state index contributed by atoms with van der Waals surface area (Å²) in [6, 6.07) is 1.84. The number of aryl methyl sites for hydroxylation is 2. The number of rotatable bonds is 5. The molecule has 0 aromatic carbocycles. The zero-order valence-corrected chi connectivity index (χ0v) is 9.49. The Bertz CT molecular complexity index is 448. The second-order valence-corrected chi connectivity index (χ2v) is 3.61. The molecule has 16 heavy (non-hydrogen) atoms. The number of aromatic nitrogens is 2. The van der Waals surface area contributed by atoms with E-state index in [4.69, 9.17) is 8.94 Å². The van der Waals surface area contributed by atoms with Crippen molar-refractivity contribution < 1.29 is 8.94 Å². The van der Waals surface area contributed by atoms with Gasteiger partial charge in [0.15, 0.2) is 0 Å². The molecule has 2 heterocycles. The van der Waals surface area contributed by atoms with Crippen molar-refractivity contribution >= 4 is 0 Å². The molecular weight excluding hydrogens is 206 g/mol. The second kappa shape index (κ2) is 4.94. The molecule has 2 aromatic rings. The minimum atomic E-state index is 0.603. The van der Waals surface area contributed by atoms with E-state index in [2.05, 4.69) is 15.5 Å². The van der Waals surface area contributed by atoms with E-state index in [1.165, 1.54) is 0 Å². The third-order valence-electron chi connectivity index (χ3n) is 2.39. The third kappa shape index (κ3) is 2.30. The molecule has 0 aliphatic rings. The lowest BCUT2D eigenvalue weighted by atomic mass is 10.2. The van der Waals surface area contributed by atoms with Crippen LogP contribution in [0.4, 0.5) is 0 Å². The van der Waals surface area contributed by atoms with Gasteiger partial charge in [0, 0.05) is 6.42 Å². The molecule has 2 rings (SSSR count). The van der Waals surface area contributed by atoms with Crippen LogP contribution < -0.4 is 5.32 Å². The summed E-state index contributed by atoms with van der Waals surface area (Å²) in [6.07, 6.45) is 3.41. The first kappa shape index (κ1) is 10.9. The van der Waals surface area contributed by atoms with Gasteiger partial charge in [0.2, 0.25) is 11.7 Å². The lowest BCUT2D eigenvalue weighted by Gasteiger charge is -1.93. The molecule has 0 bridgehead atoms. The standard InChI is InChI=1S/C11H15N3O2/c1-8-9(5-7-15-8)11-13-10(16-14-11)4-3-6-12-2/h5,7,12H,3-4,6H2,1-2H3. The molecule has 0 atom stereocenters. The van der Waals surface area contributed by atoms with Crippen LogP contribution in [-0.2, 0) is 6.42 Å². The first-order chi connectivity index (χ1) is 7.81. The topological polar surface area (TPSA) is 64.1 Å². The number of furan rings is 1. The minimum Gasteiger partial charge on any atom is -0.469 e. The Morgan fingerprint density at radius 2 is 2.31 bits per heavy atom. The van der Waals surface area contributed by atoms with Crippen molar-refractivity contribution in [1.82, 2.24) is 15.5 Å². The van der Waals surface area contributed by atoms with Crippen molar-refractivity contribution in [3.8, 4) is 11.4 Å². The van der Waals surface area contributed by atoms with E-state index in [1.807, 2.05) is 20.0 Å². The molecule has 0 aliphatic heterocycles. The molecule has 1 N–H and O–H groups in total. The highest BCUT2D eigenvalue weighted by atomic mass is 16.5. The predicted molar refractivity (Wildman–Crippen MR) is 59.0 cm³/mol. The molecule has 5 heteroatoms. The average Bonchev–Trinajstić information content (AvgIpc) is 2.87. The maximum Gasteiger partial charge on any atom is 0.227 e. The fourth-order valence-electron chi connectivity index (χ4n) is 1.50. The molecule has 0 fully saturated rings. The number of nitrogens with one attached hydrogen (secondary N) is 1. The van der Waals surface area contributed by atoms with E-state index < -0.39 is 0 Å². The quantitative estimate of drug-likeness (QED) is 0.780. The summed E-state index contributed by atoms with van der Waals surface area (Å²) in [7, 11) is 1.92. The lowest BCUT2D eigenvalue weighted by Crippen LogP contribution is -2.08. The van der Waals surface area contributed by atoms with Gasteiger partial charge in [-0.25, -0.2) is 0 Å². The summed E-state index contributed by atoms with van der Waals surface area (Å²) in [5.41, 5.74) is 0.892. The predicted octanol–water partition coefficient (Wildman–Crippen LogP) is 1.79. The van der Waals surface area contributed by atoms with E-state index >= 15 is 0 Å². The van der Waals surface area contributed by atoms with Gasteiger partial charge >= 0.3 is 0 Å². The monoisotopic (exact) mass is 221 g/mol. The van der Waals surface area contributed by atoms with Crippen molar-refractivity contribution in [3.63, 3.8) is 0 Å². The molecule has 0 aliphatic carbocycles. The highest BCUT2D eigenvalue weighted by molar-refractivity contribution is 5.55. The van der Waals surface area contributed by atoms with E-state index in [1.54, 1.807) is 6.26 Å². The van der Waals surface area contributed by atoms with Crippen molar-refractivity contribution in [2.45, 2.75) is 19.8 Å². The Hall–Kier alpha value is -1.62. The van der Waals surface area contributed by atoms with Crippen molar-refractivity contribution in [2.75, 3.05) is 13.6 Å². The Morgan fingerprint density at radius 1 is 1.44 bits per heavy atom. The number of nitrogens with zero attached hydrogens (tertiary/aromatic N) is 2. The van der Waals surface area contributed by atoms with Gasteiger partial charge in [-0.1, -0.05) is 5.16 Å². The largest absolute Gasteiger partial charge is 0.469 e. The number of hydrogen-bond acceptors (Lipinski definition) is 5. The van der Waals surface area contributed by atoms with Crippen LogP contribution in [0.5, 0.6) is 0 Å². The summed E-state index contributed by atoms with van der Waals surface area (Å²) in [6.45, 7) is 2.83. The van der Waals surface area contributed by atoms with E-state index in [0.717, 1.165) is 30.7 Å².